The van der Waals surface area contributed by atoms with Crippen LogP contribution in [0.25, 0.3) is 0 Å². The number of carbonyl (C=O) groups excluding carboxylic acids is 2. The molecule has 0 aliphatic carbocycles. The Kier molecular flexibility index (Phi) is 59.3. The molecule has 10 heteroatoms. The van der Waals surface area contributed by atoms with Crippen LogP contribution in [0.3, 0.4) is 0 Å². The maximum atomic E-state index is 13.5. The van der Waals surface area contributed by atoms with Crippen molar-refractivity contribution in [1.82, 2.24) is 5.32 Å². The van der Waals surface area contributed by atoms with Gasteiger partial charge >= 0.3 is 5.97 Å². The van der Waals surface area contributed by atoms with Crippen molar-refractivity contribution in [2.75, 3.05) is 40.9 Å². The Bertz CT molecular complexity index is 1790. The smallest absolute Gasteiger partial charge is 0.306 e. The number of quaternary nitrogens is 1. The first-order valence-corrected chi connectivity index (χ1v) is 35.7. The van der Waals surface area contributed by atoms with Gasteiger partial charge in [0.05, 0.1) is 33.8 Å². The number of ether oxygens (including phenoxy) is 1. The van der Waals surface area contributed by atoms with Crippen molar-refractivity contribution >= 4 is 19.7 Å². The quantitative estimate of drug-likeness (QED) is 0.0161. The first-order chi connectivity index (χ1) is 40.4. The third-order valence-corrected chi connectivity index (χ3v) is 15.8. The molecule has 478 valence electrons. The van der Waals surface area contributed by atoms with Crippen LogP contribution in [0.15, 0.2) is 109 Å². The number of esters is 1. The van der Waals surface area contributed by atoms with E-state index in [-0.39, 0.29) is 31.3 Å². The summed E-state index contributed by atoms with van der Waals surface area (Å²) in [4.78, 5) is 40.1. The molecule has 1 N–H and O–H groups in total. The SMILES string of the molecule is CC\C=C/C=C/C=C/C=C\C=C\C=C\CCCCCC(=O)NC(COP(=O)([O-])OCC[N+](C)(C)C)C(/C=C\CCCCCCCCCCCCC)OC(=O)CCCCCCCCCCCCCCCCCCC/C=C\C/C=C\CCCCC. The van der Waals surface area contributed by atoms with Crippen LogP contribution in [-0.4, -0.2) is 69.4 Å². The fraction of sp³-hybridized carbons (Fsp3) is 0.726. The first-order valence-electron chi connectivity index (χ1n) is 34.3. The van der Waals surface area contributed by atoms with E-state index < -0.39 is 26.6 Å². The molecule has 0 rings (SSSR count). The molecule has 0 fully saturated rings. The van der Waals surface area contributed by atoms with E-state index in [4.69, 9.17) is 13.8 Å². The lowest BCUT2D eigenvalue weighted by Gasteiger charge is -2.30. The van der Waals surface area contributed by atoms with Gasteiger partial charge in [-0.3, -0.25) is 14.2 Å². The number of hydrogen-bond acceptors (Lipinski definition) is 7. The topological polar surface area (TPSA) is 114 Å². The third kappa shape index (κ3) is 63.0. The Morgan fingerprint density at radius 2 is 0.819 bits per heavy atom. The molecule has 3 unspecified atom stereocenters. The fourth-order valence-corrected chi connectivity index (χ4v) is 10.3. The number of allylic oxidation sites excluding steroid dienone is 17. The summed E-state index contributed by atoms with van der Waals surface area (Å²) in [7, 11) is 1.15. The number of phosphoric ester groups is 1. The summed E-state index contributed by atoms with van der Waals surface area (Å²) in [6.07, 6.45) is 85.0. The van der Waals surface area contributed by atoms with Crippen molar-refractivity contribution in [2.24, 2.45) is 0 Å². The van der Waals surface area contributed by atoms with Crippen LogP contribution in [-0.2, 0) is 27.9 Å². The lowest BCUT2D eigenvalue weighted by atomic mass is 10.0. The van der Waals surface area contributed by atoms with Crippen LogP contribution in [0.2, 0.25) is 0 Å². The van der Waals surface area contributed by atoms with Gasteiger partial charge in [0, 0.05) is 12.8 Å². The van der Waals surface area contributed by atoms with Gasteiger partial charge in [0.1, 0.15) is 19.3 Å². The van der Waals surface area contributed by atoms with E-state index >= 15 is 0 Å². The van der Waals surface area contributed by atoms with Crippen molar-refractivity contribution < 1.29 is 37.3 Å². The lowest BCUT2D eigenvalue weighted by molar-refractivity contribution is -0.870. The van der Waals surface area contributed by atoms with Gasteiger partial charge in [-0.05, 0) is 83.1 Å². The minimum Gasteiger partial charge on any atom is -0.756 e. The highest BCUT2D eigenvalue weighted by Crippen LogP contribution is 2.38. The Hall–Kier alpha value is -3.33. The standard InChI is InChI=1S/C73H129N2O7P/c1-7-10-13-16-19-22-25-28-30-32-33-34-35-36-37-38-39-40-41-43-45-48-51-54-57-60-63-66-73(77)82-71(64-61-58-55-52-49-46-27-24-21-18-15-12-9-3)70(69-81-83(78,79)80-68-67-75(4,5)6)74-72(76)65-62-59-56-53-50-47-44-42-31-29-26-23-20-17-14-11-8-2/h11,14,17,19-20,22-23,26,28-31,42,44,47,50,61,64,70-71H,7-10,12-13,15-16,18,21,24-25,27,32-41,43,45-46,48-49,51-60,62-63,65-69H2,1-6H3,(H-,74,76,78,79)/b14-11-,20-17+,22-19-,26-23+,30-28-,31-29-,44-42+,50-47+,64-61-. The van der Waals surface area contributed by atoms with Crippen LogP contribution >= 0.6 is 7.82 Å². The molecule has 0 aromatic carbocycles. The van der Waals surface area contributed by atoms with E-state index in [1.54, 1.807) is 0 Å². The molecule has 3 atom stereocenters. The number of rotatable bonds is 61. The van der Waals surface area contributed by atoms with Gasteiger partial charge in [-0.25, -0.2) is 0 Å². The summed E-state index contributed by atoms with van der Waals surface area (Å²) in [5.41, 5.74) is 0. The highest BCUT2D eigenvalue weighted by Gasteiger charge is 2.27. The summed E-state index contributed by atoms with van der Waals surface area (Å²) in [5.74, 6) is -0.590. The number of likely N-dealkylation sites (N-methyl/N-ethyl adjacent to an activating group) is 1. The van der Waals surface area contributed by atoms with Gasteiger partial charge in [0.2, 0.25) is 5.91 Å². The number of unbranched alkanes of at least 4 members (excludes halogenated alkanes) is 34. The zero-order valence-electron chi connectivity index (χ0n) is 54.6. The summed E-state index contributed by atoms with van der Waals surface area (Å²) in [5, 5.41) is 3.01. The first kappa shape index (κ1) is 79.7. The molecule has 0 aliphatic rings. The van der Waals surface area contributed by atoms with Crippen molar-refractivity contribution in [3.63, 3.8) is 0 Å². The van der Waals surface area contributed by atoms with Crippen molar-refractivity contribution in [1.29, 1.82) is 0 Å². The molecule has 0 aliphatic heterocycles. The largest absolute Gasteiger partial charge is 0.756 e. The number of nitrogens with one attached hydrogen (secondary N) is 1. The molecule has 0 bridgehead atoms. The molecule has 0 radical (unpaired) electrons. The third-order valence-electron chi connectivity index (χ3n) is 14.8. The maximum absolute atomic E-state index is 13.5. The summed E-state index contributed by atoms with van der Waals surface area (Å²) >= 11 is 0. The Morgan fingerprint density at radius 1 is 0.446 bits per heavy atom. The van der Waals surface area contributed by atoms with E-state index in [2.05, 4.69) is 62.5 Å². The average Bonchev–Trinajstić information content (AvgIpc) is 3.46. The zero-order valence-corrected chi connectivity index (χ0v) is 55.5. The van der Waals surface area contributed by atoms with Crippen LogP contribution in [0.5, 0.6) is 0 Å². The minimum absolute atomic E-state index is 0.0358. The minimum atomic E-state index is -4.72. The molecule has 0 aromatic rings. The molecule has 0 saturated carbocycles. The second-order valence-electron chi connectivity index (χ2n) is 24.1. The van der Waals surface area contributed by atoms with Gasteiger partial charge in [-0.2, -0.15) is 0 Å². The second-order valence-corrected chi connectivity index (χ2v) is 25.5. The molecule has 0 saturated heterocycles. The molecule has 0 aromatic heterocycles. The van der Waals surface area contributed by atoms with Crippen LogP contribution in [0, 0.1) is 0 Å². The highest BCUT2D eigenvalue weighted by atomic mass is 31.2. The predicted octanol–water partition coefficient (Wildman–Crippen LogP) is 21.0. The molecule has 0 heterocycles. The normalized spacial score (nSPS) is 14.3. The summed E-state index contributed by atoms with van der Waals surface area (Å²) < 4.78 is 30.4. The van der Waals surface area contributed by atoms with Gasteiger partial charge in [0.25, 0.3) is 7.82 Å². The number of phosphoric acid groups is 1. The van der Waals surface area contributed by atoms with Gasteiger partial charge < -0.3 is 28.5 Å². The average molecular weight is 1180 g/mol. The Labute approximate surface area is 512 Å². The Morgan fingerprint density at radius 3 is 1.29 bits per heavy atom. The monoisotopic (exact) mass is 1180 g/mol. The predicted molar refractivity (Wildman–Crippen MR) is 357 cm³/mol. The van der Waals surface area contributed by atoms with E-state index in [0.717, 1.165) is 70.6 Å². The number of nitrogens with zero attached hydrogens (tertiary/aromatic N) is 1. The van der Waals surface area contributed by atoms with E-state index in [1.165, 1.54) is 180 Å². The molecule has 9 nitrogen and oxygen atoms in total. The van der Waals surface area contributed by atoms with Crippen LogP contribution in [0.1, 0.15) is 290 Å². The fourth-order valence-electron chi connectivity index (χ4n) is 9.59. The molecular formula is C73H129N2O7P. The van der Waals surface area contributed by atoms with E-state index in [0.29, 0.717) is 17.4 Å². The summed E-state index contributed by atoms with van der Waals surface area (Å²) in [6, 6.07) is -0.918. The molecule has 1 amide bonds. The molecule has 0 spiro atoms. The second kappa shape index (κ2) is 61.7. The van der Waals surface area contributed by atoms with Gasteiger partial charge in [-0.1, -0.05) is 304 Å². The zero-order chi connectivity index (χ0) is 60.7. The number of hydrogen-bond donors (Lipinski definition) is 1. The Balaban J connectivity index is 5.13. The highest BCUT2D eigenvalue weighted by molar-refractivity contribution is 7.45. The molecular weight excluding hydrogens is 1050 g/mol. The van der Waals surface area contributed by atoms with E-state index in [1.807, 2.05) is 94.1 Å². The number of carbonyl (C=O) groups is 2. The molecule has 83 heavy (non-hydrogen) atoms. The maximum Gasteiger partial charge on any atom is 0.306 e. The summed E-state index contributed by atoms with van der Waals surface area (Å²) in [6.45, 7) is 6.65. The van der Waals surface area contributed by atoms with Crippen molar-refractivity contribution in [3.8, 4) is 0 Å². The van der Waals surface area contributed by atoms with E-state index in [9.17, 15) is 19.0 Å². The van der Waals surface area contributed by atoms with Gasteiger partial charge in [-0.15, -0.1) is 0 Å². The number of amides is 1. The van der Waals surface area contributed by atoms with Crippen LogP contribution in [0.4, 0.5) is 0 Å². The lowest BCUT2D eigenvalue weighted by Crippen LogP contribution is -2.47. The van der Waals surface area contributed by atoms with Crippen LogP contribution < -0.4 is 10.2 Å². The van der Waals surface area contributed by atoms with Gasteiger partial charge in [0.15, 0.2) is 0 Å². The van der Waals surface area contributed by atoms with Crippen molar-refractivity contribution in [2.45, 2.75) is 303 Å². The van der Waals surface area contributed by atoms with Crippen molar-refractivity contribution in [3.05, 3.63) is 109 Å².